The summed E-state index contributed by atoms with van der Waals surface area (Å²) in [6.45, 7) is 6.33. The van der Waals surface area contributed by atoms with E-state index in [-0.39, 0.29) is 23.7 Å². The molecular weight excluding hydrogens is 403 g/mol. The van der Waals surface area contributed by atoms with Gasteiger partial charge in [-0.05, 0) is 43.3 Å². The highest BCUT2D eigenvalue weighted by molar-refractivity contribution is 8.00. The average molecular weight is 429 g/mol. The van der Waals surface area contributed by atoms with E-state index in [0.29, 0.717) is 11.3 Å². The van der Waals surface area contributed by atoms with Crippen molar-refractivity contribution in [2.45, 2.75) is 17.9 Å². The van der Waals surface area contributed by atoms with Crippen LogP contribution in [-0.4, -0.2) is 61.2 Å². The van der Waals surface area contributed by atoms with Crippen molar-refractivity contribution in [2.24, 2.45) is 0 Å². The Morgan fingerprint density at radius 2 is 1.90 bits per heavy atom. The molecule has 0 spiro atoms. The van der Waals surface area contributed by atoms with Crippen LogP contribution in [0.5, 0.6) is 0 Å². The van der Waals surface area contributed by atoms with Gasteiger partial charge in [-0.1, -0.05) is 6.07 Å². The van der Waals surface area contributed by atoms with E-state index in [1.807, 2.05) is 19.1 Å². The maximum Gasteiger partial charge on any atom is 0.251 e. The van der Waals surface area contributed by atoms with E-state index in [0.717, 1.165) is 43.3 Å². The first-order valence-electron chi connectivity index (χ1n) is 10.1. The van der Waals surface area contributed by atoms with Crippen LogP contribution in [0.1, 0.15) is 17.3 Å². The first-order valence-corrected chi connectivity index (χ1v) is 11.1. The second-order valence-corrected chi connectivity index (χ2v) is 8.65. The summed E-state index contributed by atoms with van der Waals surface area (Å²) in [6.07, 6.45) is 0. The average Bonchev–Trinajstić information content (AvgIpc) is 2.74. The second kappa shape index (κ2) is 9.06. The van der Waals surface area contributed by atoms with Crippen LogP contribution in [0.3, 0.4) is 0 Å². The number of carbonyl (C=O) groups excluding carboxylic acids is 2. The molecule has 2 N–H and O–H groups in total. The topological polar surface area (TPSA) is 64.7 Å². The van der Waals surface area contributed by atoms with Crippen molar-refractivity contribution in [1.82, 2.24) is 10.2 Å². The Morgan fingerprint density at radius 1 is 1.17 bits per heavy atom. The molecule has 8 heteroatoms. The first kappa shape index (κ1) is 20.7. The Morgan fingerprint density at radius 3 is 2.63 bits per heavy atom. The summed E-state index contributed by atoms with van der Waals surface area (Å²) in [7, 11) is 0. The number of thioether (sulfide) groups is 1. The molecule has 1 fully saturated rings. The van der Waals surface area contributed by atoms with E-state index >= 15 is 0 Å². The summed E-state index contributed by atoms with van der Waals surface area (Å²) in [5, 5.41) is 5.94. The van der Waals surface area contributed by atoms with Gasteiger partial charge in [-0.25, -0.2) is 4.39 Å². The second-order valence-electron chi connectivity index (χ2n) is 7.66. The van der Waals surface area contributed by atoms with E-state index in [1.54, 1.807) is 11.8 Å². The zero-order valence-corrected chi connectivity index (χ0v) is 17.7. The van der Waals surface area contributed by atoms with Crippen LogP contribution < -0.4 is 15.5 Å². The fourth-order valence-electron chi connectivity index (χ4n) is 3.86. The Hall–Kier alpha value is -2.58. The number of fused-ring (bicyclic) bond motifs is 1. The smallest absolute Gasteiger partial charge is 0.251 e. The molecule has 4 rings (SSSR count). The van der Waals surface area contributed by atoms with Crippen LogP contribution in [0.2, 0.25) is 0 Å². The number of piperazine rings is 1. The number of amides is 2. The van der Waals surface area contributed by atoms with E-state index in [2.05, 4.69) is 26.5 Å². The van der Waals surface area contributed by atoms with Crippen molar-refractivity contribution < 1.29 is 14.0 Å². The summed E-state index contributed by atoms with van der Waals surface area (Å²) in [4.78, 5) is 29.8. The summed E-state index contributed by atoms with van der Waals surface area (Å²) in [5.74, 6) is -0.0323. The van der Waals surface area contributed by atoms with Crippen molar-refractivity contribution >= 4 is 35.0 Å². The van der Waals surface area contributed by atoms with Crippen molar-refractivity contribution in [2.75, 3.05) is 48.7 Å². The standard InChI is InChI=1S/C22H25FN4O2S/c1-15(24-22(29)16-5-7-17(23)8-6-16)13-26-9-11-27(12-10-26)19-4-2-3-18-21(19)30-14-20(28)25-18/h2-8,15H,9-14H2,1H3,(H,24,29)(H,25,28)/t15-/m1/s1. The zero-order chi connectivity index (χ0) is 21.1. The molecule has 0 saturated carbocycles. The van der Waals surface area contributed by atoms with Crippen molar-refractivity contribution in [3.05, 3.63) is 53.8 Å². The van der Waals surface area contributed by atoms with Gasteiger partial charge in [0.05, 0.1) is 22.0 Å². The minimum atomic E-state index is -0.349. The highest BCUT2D eigenvalue weighted by Gasteiger charge is 2.24. The van der Waals surface area contributed by atoms with Gasteiger partial charge in [-0.2, -0.15) is 0 Å². The molecule has 0 radical (unpaired) electrons. The number of halogens is 1. The lowest BCUT2D eigenvalue weighted by atomic mass is 10.2. The predicted molar refractivity (Wildman–Crippen MR) is 118 cm³/mol. The van der Waals surface area contributed by atoms with E-state index in [9.17, 15) is 14.0 Å². The Balaban J connectivity index is 1.30. The number of hydrogen-bond donors (Lipinski definition) is 2. The van der Waals surface area contributed by atoms with Crippen molar-refractivity contribution in [3.8, 4) is 0 Å². The molecular formula is C22H25FN4O2S. The molecule has 2 amide bonds. The Labute approximate surface area is 179 Å². The fourth-order valence-corrected chi connectivity index (χ4v) is 4.83. The lowest BCUT2D eigenvalue weighted by Gasteiger charge is -2.38. The molecule has 0 aromatic heterocycles. The molecule has 2 aromatic carbocycles. The van der Waals surface area contributed by atoms with Crippen LogP contribution in [-0.2, 0) is 4.79 Å². The molecule has 0 bridgehead atoms. The molecule has 2 aliphatic rings. The number of benzene rings is 2. The lowest BCUT2D eigenvalue weighted by Crippen LogP contribution is -2.51. The number of rotatable bonds is 5. The fraction of sp³-hybridized carbons (Fsp3) is 0.364. The predicted octanol–water partition coefficient (Wildman–Crippen LogP) is 2.81. The van der Waals surface area contributed by atoms with Crippen molar-refractivity contribution in [3.63, 3.8) is 0 Å². The monoisotopic (exact) mass is 428 g/mol. The van der Waals surface area contributed by atoms with Gasteiger partial charge < -0.3 is 15.5 Å². The third-order valence-corrected chi connectivity index (χ3v) is 6.47. The summed E-state index contributed by atoms with van der Waals surface area (Å²) in [6, 6.07) is 11.6. The first-order chi connectivity index (χ1) is 14.5. The van der Waals surface area contributed by atoms with Gasteiger partial charge in [-0.3, -0.25) is 14.5 Å². The summed E-state index contributed by atoms with van der Waals surface area (Å²) >= 11 is 1.60. The quantitative estimate of drug-likeness (QED) is 0.767. The number of carbonyl (C=O) groups is 2. The van der Waals surface area contributed by atoms with Gasteiger partial charge in [0.2, 0.25) is 5.91 Å². The van der Waals surface area contributed by atoms with Gasteiger partial charge in [0.25, 0.3) is 5.91 Å². The summed E-state index contributed by atoms with van der Waals surface area (Å²) in [5.41, 5.74) is 2.54. The SMILES string of the molecule is C[C@H](CN1CCN(c2cccc3c2SCC(=O)N3)CC1)NC(=O)c1ccc(F)cc1. The molecule has 158 valence electrons. The van der Waals surface area contributed by atoms with Gasteiger partial charge in [0.1, 0.15) is 5.82 Å². The van der Waals surface area contributed by atoms with E-state index in [4.69, 9.17) is 0 Å². The third kappa shape index (κ3) is 4.76. The normalized spacial score (nSPS) is 17.8. The molecule has 6 nitrogen and oxygen atoms in total. The largest absolute Gasteiger partial charge is 0.368 e. The van der Waals surface area contributed by atoms with Crippen LogP contribution in [0.25, 0.3) is 0 Å². The summed E-state index contributed by atoms with van der Waals surface area (Å²) < 4.78 is 13.0. The maximum atomic E-state index is 13.0. The number of hydrogen-bond acceptors (Lipinski definition) is 5. The van der Waals surface area contributed by atoms with Gasteiger partial charge in [0.15, 0.2) is 0 Å². The van der Waals surface area contributed by atoms with Gasteiger partial charge in [0, 0.05) is 44.3 Å². The molecule has 0 unspecified atom stereocenters. The van der Waals surface area contributed by atoms with Crippen LogP contribution in [0.4, 0.5) is 15.8 Å². The third-order valence-electron chi connectivity index (χ3n) is 5.34. The van der Waals surface area contributed by atoms with Gasteiger partial charge >= 0.3 is 0 Å². The van der Waals surface area contributed by atoms with Crippen molar-refractivity contribution in [1.29, 1.82) is 0 Å². The molecule has 0 aliphatic carbocycles. The highest BCUT2D eigenvalue weighted by atomic mass is 32.2. The molecule has 2 aliphatic heterocycles. The Kier molecular flexibility index (Phi) is 6.24. The number of anilines is 2. The molecule has 2 heterocycles. The van der Waals surface area contributed by atoms with E-state index < -0.39 is 0 Å². The molecule has 30 heavy (non-hydrogen) atoms. The lowest BCUT2D eigenvalue weighted by molar-refractivity contribution is -0.113. The minimum absolute atomic E-state index is 0.00986. The molecule has 1 saturated heterocycles. The number of nitrogens with one attached hydrogen (secondary N) is 2. The Bertz CT molecular complexity index is 929. The molecule has 1 atom stereocenters. The minimum Gasteiger partial charge on any atom is -0.368 e. The van der Waals surface area contributed by atoms with Gasteiger partial charge in [-0.15, -0.1) is 11.8 Å². The zero-order valence-electron chi connectivity index (χ0n) is 16.9. The molecule has 2 aromatic rings. The number of nitrogens with zero attached hydrogens (tertiary/aromatic N) is 2. The van der Waals surface area contributed by atoms with E-state index in [1.165, 1.54) is 30.0 Å². The van der Waals surface area contributed by atoms with Crippen LogP contribution >= 0.6 is 11.8 Å². The maximum absolute atomic E-state index is 13.0. The highest BCUT2D eigenvalue weighted by Crippen LogP contribution is 2.39. The van der Waals surface area contributed by atoms with Crippen LogP contribution in [0.15, 0.2) is 47.4 Å². The van der Waals surface area contributed by atoms with Crippen LogP contribution in [0, 0.1) is 5.82 Å².